The average Bonchev–Trinajstić information content (AvgIpc) is 2.33. The van der Waals surface area contributed by atoms with Gasteiger partial charge in [-0.1, -0.05) is 6.07 Å². The highest BCUT2D eigenvalue weighted by Crippen LogP contribution is 2.39. The van der Waals surface area contributed by atoms with Gasteiger partial charge >= 0.3 is 12.4 Å². The minimum atomic E-state index is -5.14. The smallest absolute Gasteiger partial charge is 0.417 e. The molecule has 8 heteroatoms. The average molecular weight is 300 g/mol. The minimum absolute atomic E-state index is 0.0951. The van der Waals surface area contributed by atoms with Gasteiger partial charge in [-0.15, -0.1) is 0 Å². The van der Waals surface area contributed by atoms with Crippen molar-refractivity contribution in [3.63, 3.8) is 0 Å². The normalized spacial score (nSPS) is 13.3. The summed E-state index contributed by atoms with van der Waals surface area (Å²) in [6, 6.07) is 2.82. The van der Waals surface area contributed by atoms with E-state index in [9.17, 15) is 26.3 Å². The Labute approximate surface area is 110 Å². The summed E-state index contributed by atoms with van der Waals surface area (Å²) < 4.78 is 84.4. The number of rotatable bonds is 3. The molecule has 0 aromatic heterocycles. The van der Waals surface area contributed by atoms with Gasteiger partial charge in [-0.3, -0.25) is 0 Å². The number of hydrogen-bond donors (Lipinski definition) is 0. The monoisotopic (exact) mass is 300 g/mol. The lowest BCUT2D eigenvalue weighted by Crippen LogP contribution is -2.15. The van der Waals surface area contributed by atoms with Crippen LogP contribution < -0.4 is 9.47 Å². The summed E-state index contributed by atoms with van der Waals surface area (Å²) in [7, 11) is 2.43. The quantitative estimate of drug-likeness (QED) is 0.778. The molecule has 0 saturated carbocycles. The Morgan fingerprint density at radius 2 is 1.50 bits per heavy atom. The highest BCUT2D eigenvalue weighted by Gasteiger charge is 2.39. The predicted molar refractivity (Wildman–Crippen MR) is 59.6 cm³/mol. The summed E-state index contributed by atoms with van der Waals surface area (Å²) >= 11 is 0. The van der Waals surface area contributed by atoms with E-state index in [1.807, 2.05) is 0 Å². The Morgan fingerprint density at radius 3 is 1.90 bits per heavy atom. The standard InChI is InChI=1S/C12H10F6O2/c1-19-9-4-3-7(5-10(9)20-2)8(12(16,17)18)6-11(13,14)15/h3-6H,1-2H3/b8-6+. The van der Waals surface area contributed by atoms with Crippen LogP contribution in [0.3, 0.4) is 0 Å². The molecule has 0 heterocycles. The Kier molecular flexibility index (Phi) is 4.57. The Hall–Kier alpha value is -1.86. The van der Waals surface area contributed by atoms with Crippen LogP contribution in [0.4, 0.5) is 26.3 Å². The van der Waals surface area contributed by atoms with Gasteiger partial charge in [-0.2, -0.15) is 26.3 Å². The molecule has 0 amide bonds. The van der Waals surface area contributed by atoms with Crippen LogP contribution in [0.1, 0.15) is 5.56 Å². The van der Waals surface area contributed by atoms with Crippen molar-refractivity contribution in [3.05, 3.63) is 29.8 Å². The maximum Gasteiger partial charge on any atom is 0.417 e. The molecule has 1 aromatic carbocycles. The lowest BCUT2D eigenvalue weighted by atomic mass is 10.0. The van der Waals surface area contributed by atoms with Gasteiger partial charge < -0.3 is 9.47 Å². The van der Waals surface area contributed by atoms with Crippen molar-refractivity contribution in [2.75, 3.05) is 14.2 Å². The van der Waals surface area contributed by atoms with Crippen LogP contribution in [0.2, 0.25) is 0 Å². The SMILES string of the molecule is COc1ccc(/C(=C\C(F)(F)F)C(F)(F)F)cc1OC. The number of hydrogen-bond acceptors (Lipinski definition) is 2. The second-order valence-corrected chi connectivity index (χ2v) is 3.67. The highest BCUT2D eigenvalue weighted by atomic mass is 19.4. The van der Waals surface area contributed by atoms with Crippen LogP contribution in [-0.2, 0) is 0 Å². The van der Waals surface area contributed by atoms with Gasteiger partial charge in [-0.25, -0.2) is 0 Å². The van der Waals surface area contributed by atoms with E-state index < -0.39 is 29.6 Å². The van der Waals surface area contributed by atoms with Crippen LogP contribution in [0.5, 0.6) is 11.5 Å². The Morgan fingerprint density at radius 1 is 0.950 bits per heavy atom. The van der Waals surface area contributed by atoms with Gasteiger partial charge in [0, 0.05) is 6.08 Å². The van der Waals surface area contributed by atoms with Crippen LogP contribution in [0, 0.1) is 0 Å². The molecule has 0 radical (unpaired) electrons. The zero-order chi connectivity index (χ0) is 15.6. The Balaban J connectivity index is 3.40. The molecule has 0 spiro atoms. The molecule has 0 unspecified atom stereocenters. The lowest BCUT2D eigenvalue weighted by molar-refractivity contribution is -0.0911. The van der Waals surface area contributed by atoms with E-state index in [-0.39, 0.29) is 11.5 Å². The van der Waals surface area contributed by atoms with Crippen molar-refractivity contribution in [2.45, 2.75) is 12.4 Å². The molecule has 1 rings (SSSR count). The first-order valence-electron chi connectivity index (χ1n) is 5.17. The van der Waals surface area contributed by atoms with Crippen molar-refractivity contribution in [3.8, 4) is 11.5 Å². The third-order valence-corrected chi connectivity index (χ3v) is 2.31. The molecule has 0 N–H and O–H groups in total. The maximum absolute atomic E-state index is 12.7. The molecule has 0 bridgehead atoms. The van der Waals surface area contributed by atoms with E-state index >= 15 is 0 Å². The first-order valence-corrected chi connectivity index (χ1v) is 5.17. The maximum atomic E-state index is 12.7. The summed E-state index contributed by atoms with van der Waals surface area (Å²) in [5.41, 5.74) is -2.46. The van der Waals surface area contributed by atoms with Gasteiger partial charge in [0.2, 0.25) is 0 Å². The molecule has 20 heavy (non-hydrogen) atoms. The molecule has 0 aliphatic heterocycles. The molecule has 0 aliphatic rings. The fourth-order valence-electron chi connectivity index (χ4n) is 1.50. The number of benzene rings is 1. The summed E-state index contributed by atoms with van der Waals surface area (Å²) in [4.78, 5) is 0. The molecular weight excluding hydrogens is 290 g/mol. The van der Waals surface area contributed by atoms with Crippen molar-refractivity contribution in [2.24, 2.45) is 0 Å². The fraction of sp³-hybridized carbons (Fsp3) is 0.333. The fourth-order valence-corrected chi connectivity index (χ4v) is 1.50. The first-order chi connectivity index (χ1) is 9.08. The number of allylic oxidation sites excluding steroid dienone is 2. The van der Waals surface area contributed by atoms with E-state index in [1.165, 1.54) is 14.2 Å². The van der Waals surface area contributed by atoms with E-state index in [0.717, 1.165) is 18.2 Å². The largest absolute Gasteiger partial charge is 0.493 e. The zero-order valence-electron chi connectivity index (χ0n) is 10.4. The minimum Gasteiger partial charge on any atom is -0.493 e. The van der Waals surface area contributed by atoms with Gasteiger partial charge in [0.15, 0.2) is 11.5 Å². The van der Waals surface area contributed by atoms with Gasteiger partial charge in [0.25, 0.3) is 0 Å². The summed E-state index contributed by atoms with van der Waals surface area (Å²) in [5, 5.41) is 0. The molecular formula is C12H10F6O2. The zero-order valence-corrected chi connectivity index (χ0v) is 10.4. The second-order valence-electron chi connectivity index (χ2n) is 3.67. The number of ether oxygens (including phenoxy) is 2. The van der Waals surface area contributed by atoms with E-state index in [2.05, 4.69) is 0 Å². The summed E-state index contributed by atoms with van der Waals surface area (Å²) in [5.74, 6) is 0.0205. The van der Waals surface area contributed by atoms with E-state index in [0.29, 0.717) is 0 Å². The number of halogens is 6. The topological polar surface area (TPSA) is 18.5 Å². The molecule has 2 nitrogen and oxygen atoms in total. The lowest BCUT2D eigenvalue weighted by Gasteiger charge is -2.15. The molecule has 0 aliphatic carbocycles. The third-order valence-electron chi connectivity index (χ3n) is 2.31. The van der Waals surface area contributed by atoms with Gasteiger partial charge in [-0.05, 0) is 17.7 Å². The molecule has 0 atom stereocenters. The molecule has 0 fully saturated rings. The van der Waals surface area contributed by atoms with Crippen LogP contribution in [0.25, 0.3) is 5.57 Å². The molecule has 112 valence electrons. The third kappa shape index (κ3) is 4.07. The van der Waals surface area contributed by atoms with Gasteiger partial charge in [0.1, 0.15) is 0 Å². The van der Waals surface area contributed by atoms with E-state index in [4.69, 9.17) is 9.47 Å². The van der Waals surface area contributed by atoms with Crippen molar-refractivity contribution in [1.82, 2.24) is 0 Å². The van der Waals surface area contributed by atoms with Crippen LogP contribution in [0.15, 0.2) is 24.3 Å². The van der Waals surface area contributed by atoms with Crippen molar-refractivity contribution < 1.29 is 35.8 Å². The summed E-state index contributed by atoms with van der Waals surface area (Å²) in [6.45, 7) is 0. The highest BCUT2D eigenvalue weighted by molar-refractivity contribution is 5.72. The van der Waals surface area contributed by atoms with Crippen LogP contribution in [-0.4, -0.2) is 26.6 Å². The molecule has 1 aromatic rings. The number of alkyl halides is 6. The number of methoxy groups -OCH3 is 2. The predicted octanol–water partition coefficient (Wildman–Crippen LogP) is 4.21. The molecule has 0 saturated heterocycles. The van der Waals surface area contributed by atoms with E-state index in [1.54, 1.807) is 0 Å². The Bertz CT molecular complexity index is 502. The van der Waals surface area contributed by atoms with Crippen LogP contribution >= 0.6 is 0 Å². The second kappa shape index (κ2) is 5.64. The first kappa shape index (κ1) is 16.2. The van der Waals surface area contributed by atoms with Gasteiger partial charge in [0.05, 0.1) is 19.8 Å². The summed E-state index contributed by atoms with van der Waals surface area (Å²) in [6.07, 6.45) is -11.0. The van der Waals surface area contributed by atoms with Crippen molar-refractivity contribution in [1.29, 1.82) is 0 Å². The van der Waals surface area contributed by atoms with Crippen molar-refractivity contribution >= 4 is 5.57 Å².